The lowest BCUT2D eigenvalue weighted by molar-refractivity contribution is 0.170. The largest absolute Gasteiger partial charge is 0.383 e. The zero-order chi connectivity index (χ0) is 12.2. The molecule has 1 unspecified atom stereocenters. The summed E-state index contributed by atoms with van der Waals surface area (Å²) in [5.41, 5.74) is 0.910. The summed E-state index contributed by atoms with van der Waals surface area (Å²) in [5, 5.41) is 3.08. The predicted molar refractivity (Wildman–Crippen MR) is 63.2 cm³/mol. The molecule has 0 aromatic heterocycles. The van der Waals surface area contributed by atoms with Crippen LogP contribution in [0.4, 0.5) is 0 Å². The van der Waals surface area contributed by atoms with Crippen LogP contribution in [0, 0.1) is 0 Å². The molecular weight excluding hydrogens is 226 g/mol. The molecule has 0 saturated heterocycles. The highest BCUT2D eigenvalue weighted by Crippen LogP contribution is 2.17. The normalized spacial score (nSPS) is 13.7. The molecular formula is C11H17NO3S. The Hall–Kier alpha value is -0.910. The van der Waals surface area contributed by atoms with Crippen LogP contribution in [0.1, 0.15) is 11.6 Å². The molecule has 0 fully saturated rings. The number of sulfone groups is 1. The van der Waals surface area contributed by atoms with E-state index in [0.29, 0.717) is 11.5 Å². The highest BCUT2D eigenvalue weighted by molar-refractivity contribution is 7.90. The van der Waals surface area contributed by atoms with Gasteiger partial charge in [0.1, 0.15) is 0 Å². The lowest BCUT2D eigenvalue weighted by Crippen LogP contribution is -2.21. The minimum Gasteiger partial charge on any atom is -0.383 e. The van der Waals surface area contributed by atoms with E-state index in [-0.39, 0.29) is 6.04 Å². The minimum atomic E-state index is -3.15. The van der Waals surface area contributed by atoms with Crippen molar-refractivity contribution in [3.63, 3.8) is 0 Å². The van der Waals surface area contributed by atoms with Crippen molar-refractivity contribution in [2.45, 2.75) is 10.9 Å². The van der Waals surface area contributed by atoms with Crippen LogP contribution in [0.15, 0.2) is 29.2 Å². The quantitative estimate of drug-likeness (QED) is 0.838. The molecule has 5 heteroatoms. The highest BCUT2D eigenvalue weighted by atomic mass is 32.2. The Morgan fingerprint density at radius 2 is 2.12 bits per heavy atom. The molecule has 1 aromatic carbocycles. The van der Waals surface area contributed by atoms with Crippen LogP contribution in [-0.2, 0) is 14.6 Å². The van der Waals surface area contributed by atoms with Gasteiger partial charge >= 0.3 is 0 Å². The molecule has 0 saturated carbocycles. The van der Waals surface area contributed by atoms with Gasteiger partial charge < -0.3 is 10.1 Å². The first-order valence-electron chi connectivity index (χ1n) is 4.95. The van der Waals surface area contributed by atoms with E-state index in [0.717, 1.165) is 5.56 Å². The standard InChI is InChI=1S/C11H17NO3S/c1-12-11(8-15-2)9-5-4-6-10(7-9)16(3,13)14/h4-7,11-12H,8H2,1-3H3. The van der Waals surface area contributed by atoms with Crippen molar-refractivity contribution < 1.29 is 13.2 Å². The van der Waals surface area contributed by atoms with Crippen molar-refractivity contribution in [1.82, 2.24) is 5.32 Å². The predicted octanol–water partition coefficient (Wildman–Crippen LogP) is 0.997. The Morgan fingerprint density at radius 3 is 2.62 bits per heavy atom. The van der Waals surface area contributed by atoms with Gasteiger partial charge in [0.15, 0.2) is 9.84 Å². The van der Waals surface area contributed by atoms with Crippen LogP contribution < -0.4 is 5.32 Å². The van der Waals surface area contributed by atoms with Gasteiger partial charge in [-0.2, -0.15) is 0 Å². The summed E-state index contributed by atoms with van der Waals surface area (Å²) in [6.07, 6.45) is 1.21. The van der Waals surface area contributed by atoms with Crippen molar-refractivity contribution in [2.75, 3.05) is 27.0 Å². The molecule has 16 heavy (non-hydrogen) atoms. The smallest absolute Gasteiger partial charge is 0.175 e. The monoisotopic (exact) mass is 243 g/mol. The van der Waals surface area contributed by atoms with E-state index in [2.05, 4.69) is 5.32 Å². The second-order valence-corrected chi connectivity index (χ2v) is 5.66. The van der Waals surface area contributed by atoms with Gasteiger partial charge in [-0.15, -0.1) is 0 Å². The molecule has 90 valence electrons. The van der Waals surface area contributed by atoms with Gasteiger partial charge in [-0.25, -0.2) is 8.42 Å². The molecule has 1 atom stereocenters. The fourth-order valence-electron chi connectivity index (χ4n) is 1.47. The van der Waals surface area contributed by atoms with Crippen molar-refractivity contribution in [1.29, 1.82) is 0 Å². The van der Waals surface area contributed by atoms with Gasteiger partial charge in [0.05, 0.1) is 17.5 Å². The van der Waals surface area contributed by atoms with Gasteiger partial charge in [0, 0.05) is 13.4 Å². The van der Waals surface area contributed by atoms with Crippen molar-refractivity contribution in [3.8, 4) is 0 Å². The number of hydrogen-bond donors (Lipinski definition) is 1. The number of likely N-dealkylation sites (N-methyl/N-ethyl adjacent to an activating group) is 1. The lowest BCUT2D eigenvalue weighted by atomic mass is 10.1. The first kappa shape index (κ1) is 13.2. The second kappa shape index (κ2) is 5.43. The van der Waals surface area contributed by atoms with Crippen molar-refractivity contribution in [2.24, 2.45) is 0 Å². The highest BCUT2D eigenvalue weighted by Gasteiger charge is 2.12. The summed E-state index contributed by atoms with van der Waals surface area (Å²) in [6.45, 7) is 0.504. The van der Waals surface area contributed by atoms with E-state index in [1.165, 1.54) is 6.26 Å². The Kier molecular flexibility index (Phi) is 4.46. The summed E-state index contributed by atoms with van der Waals surface area (Å²) >= 11 is 0. The summed E-state index contributed by atoms with van der Waals surface area (Å²) in [7, 11) is 0.282. The molecule has 0 aliphatic carbocycles. The second-order valence-electron chi connectivity index (χ2n) is 3.64. The molecule has 0 bridgehead atoms. The van der Waals surface area contributed by atoms with E-state index in [4.69, 9.17) is 4.74 Å². The van der Waals surface area contributed by atoms with Crippen LogP contribution in [0.25, 0.3) is 0 Å². The number of benzene rings is 1. The number of nitrogens with one attached hydrogen (secondary N) is 1. The zero-order valence-corrected chi connectivity index (χ0v) is 10.5. The summed E-state index contributed by atoms with van der Waals surface area (Å²) in [4.78, 5) is 0.335. The minimum absolute atomic E-state index is 0.00620. The summed E-state index contributed by atoms with van der Waals surface area (Å²) in [6, 6.07) is 6.90. The topological polar surface area (TPSA) is 55.4 Å². The van der Waals surface area contributed by atoms with Gasteiger partial charge in [-0.1, -0.05) is 12.1 Å². The maximum Gasteiger partial charge on any atom is 0.175 e. The van der Waals surface area contributed by atoms with E-state index in [9.17, 15) is 8.42 Å². The molecule has 0 heterocycles. The maximum atomic E-state index is 11.4. The van der Waals surface area contributed by atoms with E-state index in [1.54, 1.807) is 25.3 Å². The van der Waals surface area contributed by atoms with Gasteiger partial charge in [-0.05, 0) is 24.7 Å². The molecule has 0 amide bonds. The van der Waals surface area contributed by atoms with Crippen LogP contribution in [0.2, 0.25) is 0 Å². The van der Waals surface area contributed by atoms with Crippen molar-refractivity contribution in [3.05, 3.63) is 29.8 Å². The van der Waals surface area contributed by atoms with Gasteiger partial charge in [0.2, 0.25) is 0 Å². The SMILES string of the molecule is CNC(COC)c1cccc(S(C)(=O)=O)c1. The van der Waals surface area contributed by atoms with Crippen molar-refractivity contribution >= 4 is 9.84 Å². The third-order valence-electron chi connectivity index (χ3n) is 2.37. The number of hydrogen-bond acceptors (Lipinski definition) is 4. The third kappa shape index (κ3) is 3.30. The molecule has 4 nitrogen and oxygen atoms in total. The number of rotatable bonds is 5. The zero-order valence-electron chi connectivity index (χ0n) is 9.73. The maximum absolute atomic E-state index is 11.4. The first-order valence-corrected chi connectivity index (χ1v) is 6.84. The molecule has 1 aromatic rings. The molecule has 0 radical (unpaired) electrons. The fourth-order valence-corrected chi connectivity index (χ4v) is 2.15. The molecule has 1 rings (SSSR count). The first-order chi connectivity index (χ1) is 7.49. The van der Waals surface area contributed by atoms with Gasteiger partial charge in [0.25, 0.3) is 0 Å². The number of methoxy groups -OCH3 is 1. The number of ether oxygens (including phenoxy) is 1. The molecule has 1 N–H and O–H groups in total. The Labute approximate surface area is 96.5 Å². The summed E-state index contributed by atoms with van der Waals surface area (Å²) < 4.78 is 27.9. The van der Waals surface area contributed by atoms with Crippen LogP contribution in [0.5, 0.6) is 0 Å². The Morgan fingerprint density at radius 1 is 1.44 bits per heavy atom. The van der Waals surface area contributed by atoms with E-state index in [1.807, 2.05) is 13.1 Å². The lowest BCUT2D eigenvalue weighted by Gasteiger charge is -2.16. The molecule has 0 aliphatic rings. The van der Waals surface area contributed by atoms with Gasteiger partial charge in [-0.3, -0.25) is 0 Å². The molecule has 0 spiro atoms. The van der Waals surface area contributed by atoms with Crippen LogP contribution in [-0.4, -0.2) is 35.4 Å². The van der Waals surface area contributed by atoms with Crippen LogP contribution in [0.3, 0.4) is 0 Å². The third-order valence-corrected chi connectivity index (χ3v) is 3.48. The van der Waals surface area contributed by atoms with Crippen LogP contribution >= 0.6 is 0 Å². The summed E-state index contributed by atoms with van der Waals surface area (Å²) in [5.74, 6) is 0. The average Bonchev–Trinajstić information content (AvgIpc) is 2.25. The average molecular weight is 243 g/mol. The van der Waals surface area contributed by atoms with E-state index < -0.39 is 9.84 Å². The van der Waals surface area contributed by atoms with E-state index >= 15 is 0 Å². The Bertz CT molecular complexity index is 442. The Balaban J connectivity index is 3.06. The fraction of sp³-hybridized carbons (Fsp3) is 0.455. The molecule has 0 aliphatic heterocycles.